The molecule has 0 aromatic heterocycles. The van der Waals surface area contributed by atoms with Gasteiger partial charge in [-0.05, 0) is 6.42 Å². The van der Waals surface area contributed by atoms with E-state index < -0.39 is 18.8 Å². The number of halogens is 3. The Hall–Kier alpha value is -0.780. The molecule has 0 unspecified atom stereocenters. The van der Waals surface area contributed by atoms with Crippen molar-refractivity contribution in [3.05, 3.63) is 0 Å². The van der Waals surface area contributed by atoms with Crippen molar-refractivity contribution in [3.63, 3.8) is 0 Å². The van der Waals surface area contributed by atoms with E-state index in [9.17, 15) is 18.0 Å². The van der Waals surface area contributed by atoms with E-state index in [4.69, 9.17) is 5.11 Å². The van der Waals surface area contributed by atoms with Crippen LogP contribution in [0.5, 0.6) is 0 Å². The molecule has 1 N–H and O–H groups in total. The Morgan fingerprint density at radius 1 is 1.42 bits per heavy atom. The molecule has 72 valence electrons. The van der Waals surface area contributed by atoms with E-state index in [1.54, 1.807) is 0 Å². The van der Waals surface area contributed by atoms with E-state index in [0.29, 0.717) is 0 Å². The van der Waals surface area contributed by atoms with Crippen molar-refractivity contribution < 1.29 is 27.8 Å². The first-order valence-corrected chi connectivity index (χ1v) is 3.28. The molecule has 0 radical (unpaired) electrons. The van der Waals surface area contributed by atoms with Gasteiger partial charge in [-0.15, -0.1) is 0 Å². The number of aliphatic carboxylic acids is 1. The standard InChI is InChI=1S/C6H9F3O3/c7-6(8,9)4-12-3-1-2-5(10)11/h1-4H2,(H,10,11). The van der Waals surface area contributed by atoms with Crippen LogP contribution in [0.3, 0.4) is 0 Å². The van der Waals surface area contributed by atoms with Gasteiger partial charge in [0.2, 0.25) is 0 Å². The monoisotopic (exact) mass is 186 g/mol. The van der Waals surface area contributed by atoms with Crippen LogP contribution in [-0.2, 0) is 9.53 Å². The number of rotatable bonds is 5. The van der Waals surface area contributed by atoms with Gasteiger partial charge in [0.1, 0.15) is 6.61 Å². The molecule has 0 spiro atoms. The van der Waals surface area contributed by atoms with Gasteiger partial charge in [-0.1, -0.05) is 0 Å². The molecule has 0 aliphatic carbocycles. The summed E-state index contributed by atoms with van der Waals surface area (Å²) >= 11 is 0. The quantitative estimate of drug-likeness (QED) is 0.660. The summed E-state index contributed by atoms with van der Waals surface area (Å²) < 4.78 is 38.4. The molecular formula is C6H9F3O3. The molecule has 3 nitrogen and oxygen atoms in total. The van der Waals surface area contributed by atoms with Crippen LogP contribution in [0.25, 0.3) is 0 Å². The van der Waals surface area contributed by atoms with Gasteiger partial charge in [0.25, 0.3) is 0 Å². The van der Waals surface area contributed by atoms with Crippen LogP contribution in [0.15, 0.2) is 0 Å². The molecule has 0 saturated heterocycles. The Balaban J connectivity index is 3.17. The molecule has 12 heavy (non-hydrogen) atoms. The Kier molecular flexibility index (Phi) is 4.65. The van der Waals surface area contributed by atoms with Gasteiger partial charge in [0.05, 0.1) is 0 Å². The molecule has 0 bridgehead atoms. The fraction of sp³-hybridized carbons (Fsp3) is 0.833. The summed E-state index contributed by atoms with van der Waals surface area (Å²) in [4.78, 5) is 9.88. The van der Waals surface area contributed by atoms with Crippen LogP contribution in [0.1, 0.15) is 12.8 Å². The Morgan fingerprint density at radius 2 is 2.00 bits per heavy atom. The third-order valence-corrected chi connectivity index (χ3v) is 0.945. The molecular weight excluding hydrogens is 177 g/mol. The number of carboxylic acid groups (broad SMARTS) is 1. The van der Waals surface area contributed by atoms with Crippen molar-refractivity contribution in [1.29, 1.82) is 0 Å². The lowest BCUT2D eigenvalue weighted by atomic mass is 10.3. The smallest absolute Gasteiger partial charge is 0.411 e. The predicted molar refractivity (Wildman–Crippen MR) is 33.7 cm³/mol. The van der Waals surface area contributed by atoms with Crippen LogP contribution in [0.4, 0.5) is 13.2 Å². The minimum atomic E-state index is -4.33. The zero-order chi connectivity index (χ0) is 9.61. The van der Waals surface area contributed by atoms with Crippen LogP contribution in [0, 0.1) is 0 Å². The average Bonchev–Trinajstić information content (AvgIpc) is 1.83. The number of hydrogen-bond donors (Lipinski definition) is 1. The van der Waals surface area contributed by atoms with E-state index >= 15 is 0 Å². The summed E-state index contributed by atoms with van der Waals surface area (Å²) in [5.41, 5.74) is 0. The number of carbonyl (C=O) groups is 1. The number of alkyl halides is 3. The zero-order valence-electron chi connectivity index (χ0n) is 6.23. The predicted octanol–water partition coefficient (Wildman–Crippen LogP) is 1.43. The lowest BCUT2D eigenvalue weighted by Crippen LogP contribution is -2.17. The average molecular weight is 186 g/mol. The molecule has 0 heterocycles. The second-order valence-corrected chi connectivity index (χ2v) is 2.17. The van der Waals surface area contributed by atoms with Crippen LogP contribution in [0.2, 0.25) is 0 Å². The molecule has 0 aromatic rings. The van der Waals surface area contributed by atoms with Crippen molar-refractivity contribution in [2.45, 2.75) is 19.0 Å². The lowest BCUT2D eigenvalue weighted by molar-refractivity contribution is -0.174. The minimum absolute atomic E-state index is 0.103. The molecule has 0 rings (SSSR count). The first-order chi connectivity index (χ1) is 5.42. The van der Waals surface area contributed by atoms with Crippen molar-refractivity contribution >= 4 is 5.97 Å². The summed E-state index contributed by atoms with van der Waals surface area (Å²) in [6, 6.07) is 0. The first kappa shape index (κ1) is 11.2. The van der Waals surface area contributed by atoms with Gasteiger partial charge >= 0.3 is 12.1 Å². The van der Waals surface area contributed by atoms with Gasteiger partial charge in [-0.3, -0.25) is 4.79 Å². The van der Waals surface area contributed by atoms with Gasteiger partial charge in [-0.25, -0.2) is 0 Å². The maximum Gasteiger partial charge on any atom is 0.411 e. The van der Waals surface area contributed by atoms with Gasteiger partial charge in [-0.2, -0.15) is 13.2 Å². The van der Waals surface area contributed by atoms with Crippen molar-refractivity contribution in [3.8, 4) is 0 Å². The van der Waals surface area contributed by atoms with E-state index in [1.165, 1.54) is 0 Å². The molecule has 0 aliphatic heterocycles. The molecule has 0 fully saturated rings. The topological polar surface area (TPSA) is 46.5 Å². The summed E-state index contributed by atoms with van der Waals surface area (Å²) in [5, 5.41) is 8.09. The fourth-order valence-electron chi connectivity index (χ4n) is 0.513. The van der Waals surface area contributed by atoms with Gasteiger partial charge < -0.3 is 9.84 Å². The number of hydrogen-bond acceptors (Lipinski definition) is 2. The largest absolute Gasteiger partial charge is 0.481 e. The summed E-state index contributed by atoms with van der Waals surface area (Å²) in [6.45, 7) is -1.49. The highest BCUT2D eigenvalue weighted by atomic mass is 19.4. The van der Waals surface area contributed by atoms with E-state index in [0.717, 1.165) is 0 Å². The first-order valence-electron chi connectivity index (χ1n) is 3.28. The zero-order valence-corrected chi connectivity index (χ0v) is 6.23. The lowest BCUT2D eigenvalue weighted by Gasteiger charge is -2.05. The Morgan fingerprint density at radius 3 is 2.42 bits per heavy atom. The van der Waals surface area contributed by atoms with Crippen molar-refractivity contribution in [2.24, 2.45) is 0 Å². The van der Waals surface area contributed by atoms with Gasteiger partial charge in [0.15, 0.2) is 0 Å². The van der Waals surface area contributed by atoms with Crippen molar-refractivity contribution in [1.82, 2.24) is 0 Å². The Labute approximate surface area is 67.1 Å². The summed E-state index contributed by atoms with van der Waals surface area (Å²) in [5.74, 6) is -1.04. The molecule has 0 atom stereocenters. The van der Waals surface area contributed by atoms with Crippen LogP contribution in [-0.4, -0.2) is 30.5 Å². The summed E-state index contributed by atoms with van der Waals surface area (Å²) in [6.07, 6.45) is -4.40. The molecule has 6 heteroatoms. The minimum Gasteiger partial charge on any atom is -0.481 e. The Bertz CT molecular complexity index is 143. The third kappa shape index (κ3) is 9.22. The van der Waals surface area contributed by atoms with Crippen LogP contribution < -0.4 is 0 Å². The van der Waals surface area contributed by atoms with Crippen molar-refractivity contribution in [2.75, 3.05) is 13.2 Å². The van der Waals surface area contributed by atoms with E-state index in [-0.39, 0.29) is 19.4 Å². The highest BCUT2D eigenvalue weighted by Crippen LogP contribution is 2.14. The molecule has 0 aromatic carbocycles. The second kappa shape index (κ2) is 4.97. The molecule has 0 amide bonds. The maximum atomic E-state index is 11.4. The van der Waals surface area contributed by atoms with E-state index in [1.807, 2.05) is 0 Å². The molecule has 0 saturated carbocycles. The highest BCUT2D eigenvalue weighted by Gasteiger charge is 2.27. The van der Waals surface area contributed by atoms with Gasteiger partial charge in [0, 0.05) is 13.0 Å². The normalized spacial score (nSPS) is 11.6. The number of ether oxygens (including phenoxy) is 1. The third-order valence-electron chi connectivity index (χ3n) is 0.945. The number of carboxylic acids is 1. The highest BCUT2D eigenvalue weighted by molar-refractivity contribution is 5.66. The maximum absolute atomic E-state index is 11.4. The summed E-state index contributed by atoms with van der Waals surface area (Å²) in [7, 11) is 0. The molecule has 0 aliphatic rings. The van der Waals surface area contributed by atoms with E-state index in [2.05, 4.69) is 4.74 Å². The SMILES string of the molecule is O=C(O)CCCOCC(F)(F)F. The van der Waals surface area contributed by atoms with Crippen LogP contribution >= 0.6 is 0 Å². The second-order valence-electron chi connectivity index (χ2n) is 2.17. The fourth-order valence-corrected chi connectivity index (χ4v) is 0.513.